The fourth-order valence-electron chi connectivity index (χ4n) is 5.23. The highest BCUT2D eigenvalue weighted by Crippen LogP contribution is 2.49. The molecule has 1 amide bonds. The molecule has 1 aliphatic rings. The molecule has 2 aromatic heterocycles. The van der Waals surface area contributed by atoms with E-state index in [1.165, 1.54) is 0 Å². The second-order valence-electron chi connectivity index (χ2n) is 10.2. The lowest BCUT2D eigenvalue weighted by atomic mass is 9.69. The highest BCUT2D eigenvalue weighted by atomic mass is 16.4. The van der Waals surface area contributed by atoms with Gasteiger partial charge < -0.3 is 10.5 Å². The molecule has 36 heavy (non-hydrogen) atoms. The van der Waals surface area contributed by atoms with Gasteiger partial charge >= 0.3 is 6.09 Å². The van der Waals surface area contributed by atoms with E-state index < -0.39 is 17.2 Å². The Kier molecular flexibility index (Phi) is 5.84. The number of nitrogen functional groups attached to an aromatic ring is 1. The Morgan fingerprint density at radius 3 is 2.11 bits per heavy atom. The maximum Gasteiger partial charge on any atom is 0.408 e. The molecule has 184 valence electrons. The lowest BCUT2D eigenvalue weighted by Gasteiger charge is -2.54. The standard InChI is InChI=1S/C28H30N6O2/c1-27(2,3)34(26(35)36)28(16-7-17-28)20-12-10-19(11-13-20)23-24(18-8-5-4-6-9-18)32-25-21(30-23)14-15-22(31-25)33-29/h4-6,8-15H,7,16-17,29H2,1-3H3,(H,35,36)(H,31,32,33). The number of nitrogens with zero attached hydrogens (tertiary/aromatic N) is 4. The number of hydrogen-bond acceptors (Lipinski definition) is 6. The third-order valence-electron chi connectivity index (χ3n) is 6.89. The van der Waals surface area contributed by atoms with E-state index in [-0.39, 0.29) is 0 Å². The first-order valence-electron chi connectivity index (χ1n) is 12.1. The summed E-state index contributed by atoms with van der Waals surface area (Å²) >= 11 is 0. The van der Waals surface area contributed by atoms with Crippen LogP contribution in [0.1, 0.15) is 45.6 Å². The van der Waals surface area contributed by atoms with Crippen molar-refractivity contribution >= 4 is 23.1 Å². The first kappa shape index (κ1) is 23.7. The summed E-state index contributed by atoms with van der Waals surface area (Å²) in [5.74, 6) is 6.06. The van der Waals surface area contributed by atoms with E-state index in [0.29, 0.717) is 17.0 Å². The summed E-state index contributed by atoms with van der Waals surface area (Å²) in [6.07, 6.45) is 1.73. The second kappa shape index (κ2) is 8.87. The molecule has 8 nitrogen and oxygen atoms in total. The van der Waals surface area contributed by atoms with Crippen molar-refractivity contribution < 1.29 is 9.90 Å². The first-order valence-corrected chi connectivity index (χ1v) is 12.1. The molecule has 8 heteroatoms. The summed E-state index contributed by atoms with van der Waals surface area (Å²) < 4.78 is 0. The van der Waals surface area contributed by atoms with E-state index in [1.54, 1.807) is 11.0 Å². The number of carboxylic acid groups (broad SMARTS) is 1. The van der Waals surface area contributed by atoms with Crippen molar-refractivity contribution in [3.63, 3.8) is 0 Å². The summed E-state index contributed by atoms with van der Waals surface area (Å²) in [4.78, 5) is 28.2. The van der Waals surface area contributed by atoms with E-state index in [4.69, 9.17) is 15.8 Å². The SMILES string of the molecule is CC(C)(C)N(C(=O)O)C1(c2ccc(-c3nc4ccc(NN)nc4nc3-c3ccccc3)cc2)CCC1. The van der Waals surface area contributed by atoms with E-state index >= 15 is 0 Å². The summed E-state index contributed by atoms with van der Waals surface area (Å²) in [7, 11) is 0. The minimum atomic E-state index is -0.892. The molecule has 5 rings (SSSR count). The maximum atomic E-state index is 12.3. The van der Waals surface area contributed by atoms with Crippen molar-refractivity contribution in [1.82, 2.24) is 19.9 Å². The molecule has 0 unspecified atom stereocenters. The number of hydrazine groups is 1. The molecular formula is C28H30N6O2. The predicted octanol–water partition coefficient (Wildman–Crippen LogP) is 5.80. The number of carbonyl (C=O) groups is 1. The Hall–Kier alpha value is -4.04. The van der Waals surface area contributed by atoms with Gasteiger partial charge in [0.2, 0.25) is 0 Å². The number of aromatic nitrogens is 3. The Morgan fingerprint density at radius 2 is 1.56 bits per heavy atom. The molecule has 4 N–H and O–H groups in total. The third-order valence-corrected chi connectivity index (χ3v) is 6.89. The van der Waals surface area contributed by atoms with Gasteiger partial charge in [0.15, 0.2) is 5.65 Å². The van der Waals surface area contributed by atoms with Crippen LogP contribution < -0.4 is 11.3 Å². The van der Waals surface area contributed by atoms with Crippen molar-refractivity contribution in [3.8, 4) is 22.5 Å². The second-order valence-corrected chi connectivity index (χ2v) is 10.2. The largest absolute Gasteiger partial charge is 0.465 e. The number of amides is 1. The Morgan fingerprint density at radius 1 is 0.917 bits per heavy atom. The number of nitrogens with one attached hydrogen (secondary N) is 1. The molecular weight excluding hydrogens is 452 g/mol. The lowest BCUT2D eigenvalue weighted by Crippen LogP contribution is -2.60. The fraction of sp³-hybridized carbons (Fsp3) is 0.286. The minimum Gasteiger partial charge on any atom is -0.465 e. The third kappa shape index (κ3) is 4.03. The Labute approximate surface area is 210 Å². The van der Waals surface area contributed by atoms with Crippen molar-refractivity contribution in [1.29, 1.82) is 0 Å². The summed E-state index contributed by atoms with van der Waals surface area (Å²) in [6, 6.07) is 21.6. The van der Waals surface area contributed by atoms with Crippen molar-refractivity contribution in [3.05, 3.63) is 72.3 Å². The Bertz CT molecular complexity index is 1410. The van der Waals surface area contributed by atoms with Crippen LogP contribution in [0.4, 0.5) is 10.6 Å². The topological polar surface area (TPSA) is 117 Å². The number of fused-ring (bicyclic) bond motifs is 1. The molecule has 2 aromatic carbocycles. The van der Waals surface area contributed by atoms with Crippen LogP contribution in [0.2, 0.25) is 0 Å². The summed E-state index contributed by atoms with van der Waals surface area (Å²) in [5, 5.41) is 10.1. The van der Waals surface area contributed by atoms with E-state index in [2.05, 4.69) is 10.4 Å². The number of nitrogens with two attached hydrogens (primary N) is 1. The van der Waals surface area contributed by atoms with Gasteiger partial charge in [-0.3, -0.25) is 4.90 Å². The molecule has 0 saturated heterocycles. The van der Waals surface area contributed by atoms with Crippen molar-refractivity contribution in [2.75, 3.05) is 5.43 Å². The van der Waals surface area contributed by atoms with E-state index in [9.17, 15) is 9.90 Å². The number of pyridine rings is 1. The van der Waals surface area contributed by atoms with Crippen LogP contribution in [0.25, 0.3) is 33.7 Å². The highest BCUT2D eigenvalue weighted by molar-refractivity contribution is 5.85. The molecule has 0 spiro atoms. The van der Waals surface area contributed by atoms with E-state index in [0.717, 1.165) is 47.3 Å². The Balaban J connectivity index is 1.62. The van der Waals surface area contributed by atoms with Crippen molar-refractivity contribution in [2.45, 2.75) is 51.1 Å². The monoisotopic (exact) mass is 482 g/mol. The fourth-order valence-corrected chi connectivity index (χ4v) is 5.23. The molecule has 2 heterocycles. The summed E-state index contributed by atoms with van der Waals surface area (Å²) in [5.41, 5.74) is 6.98. The molecule has 1 saturated carbocycles. The zero-order chi connectivity index (χ0) is 25.5. The normalized spacial score (nSPS) is 14.8. The van der Waals surface area contributed by atoms with Crippen LogP contribution in [0, 0.1) is 0 Å². The average molecular weight is 483 g/mol. The van der Waals surface area contributed by atoms with Crippen LogP contribution in [-0.2, 0) is 5.54 Å². The van der Waals surface area contributed by atoms with Crippen LogP contribution in [0.15, 0.2) is 66.7 Å². The number of anilines is 1. The zero-order valence-corrected chi connectivity index (χ0v) is 20.7. The molecule has 1 aliphatic carbocycles. The zero-order valence-electron chi connectivity index (χ0n) is 20.7. The van der Waals surface area contributed by atoms with Gasteiger partial charge in [0.25, 0.3) is 0 Å². The average Bonchev–Trinajstić information content (AvgIpc) is 2.84. The van der Waals surface area contributed by atoms with Crippen LogP contribution in [0.3, 0.4) is 0 Å². The van der Waals surface area contributed by atoms with E-state index in [1.807, 2.05) is 81.4 Å². The van der Waals surface area contributed by atoms with Crippen LogP contribution >= 0.6 is 0 Å². The smallest absolute Gasteiger partial charge is 0.408 e. The molecule has 0 radical (unpaired) electrons. The highest BCUT2D eigenvalue weighted by Gasteiger charge is 2.50. The van der Waals surface area contributed by atoms with Gasteiger partial charge in [0.05, 0.1) is 16.9 Å². The summed E-state index contributed by atoms with van der Waals surface area (Å²) in [6.45, 7) is 5.85. The first-order chi connectivity index (χ1) is 17.2. The number of hydrogen-bond donors (Lipinski definition) is 3. The molecule has 0 bridgehead atoms. The quantitative estimate of drug-likeness (QED) is 0.243. The molecule has 0 aliphatic heterocycles. The maximum absolute atomic E-state index is 12.3. The molecule has 4 aromatic rings. The lowest BCUT2D eigenvalue weighted by molar-refractivity contribution is -0.0328. The van der Waals surface area contributed by atoms with Gasteiger partial charge in [-0.05, 0) is 57.7 Å². The molecule has 0 atom stereocenters. The van der Waals surface area contributed by atoms with Gasteiger partial charge in [0.1, 0.15) is 11.3 Å². The van der Waals surface area contributed by atoms with Gasteiger partial charge in [-0.1, -0.05) is 54.6 Å². The van der Waals surface area contributed by atoms with Crippen LogP contribution in [-0.4, -0.2) is 36.6 Å². The minimum absolute atomic E-state index is 0.500. The van der Waals surface area contributed by atoms with Crippen LogP contribution in [0.5, 0.6) is 0 Å². The van der Waals surface area contributed by atoms with Gasteiger partial charge in [-0.2, -0.15) is 0 Å². The van der Waals surface area contributed by atoms with Gasteiger partial charge in [-0.15, -0.1) is 0 Å². The number of benzene rings is 2. The van der Waals surface area contributed by atoms with Gasteiger partial charge in [-0.25, -0.2) is 25.6 Å². The molecule has 1 fully saturated rings. The predicted molar refractivity (Wildman–Crippen MR) is 141 cm³/mol. The number of rotatable bonds is 5. The van der Waals surface area contributed by atoms with Gasteiger partial charge in [0, 0.05) is 16.7 Å². The van der Waals surface area contributed by atoms with Crippen molar-refractivity contribution in [2.24, 2.45) is 5.84 Å².